The molecule has 0 aliphatic rings. The number of hydrogen-bond donors (Lipinski definition) is 2. The maximum absolute atomic E-state index is 10.8. The quantitative estimate of drug-likeness (QED) is 0.437. The van der Waals surface area contributed by atoms with Gasteiger partial charge in [0.1, 0.15) is 0 Å². The van der Waals surface area contributed by atoms with E-state index in [1.54, 1.807) is 0 Å². The van der Waals surface area contributed by atoms with Gasteiger partial charge in [0.05, 0.1) is 0 Å². The van der Waals surface area contributed by atoms with Gasteiger partial charge >= 0.3 is 11.8 Å². The first-order valence-electron chi connectivity index (χ1n) is 4.79. The predicted molar refractivity (Wildman–Crippen MR) is 60.7 cm³/mol. The molecule has 1 aromatic carbocycles. The van der Waals surface area contributed by atoms with Crippen molar-refractivity contribution in [3.63, 3.8) is 0 Å². The first-order valence-corrected chi connectivity index (χ1v) is 4.79. The van der Waals surface area contributed by atoms with E-state index in [0.717, 1.165) is 5.56 Å². The number of amides is 2. The van der Waals surface area contributed by atoms with Gasteiger partial charge in [-0.15, -0.1) is 0 Å². The third-order valence-electron chi connectivity index (χ3n) is 2.01. The van der Waals surface area contributed by atoms with Crippen LogP contribution in [0.15, 0.2) is 35.4 Å². The molecular formula is C11H13N3O2. The molecule has 1 rings (SSSR count). The molecule has 1 aromatic rings. The van der Waals surface area contributed by atoms with Gasteiger partial charge in [0.25, 0.3) is 0 Å². The van der Waals surface area contributed by atoms with Crippen molar-refractivity contribution < 1.29 is 9.59 Å². The number of primary amides is 1. The number of nitrogens with one attached hydrogen (secondary N) is 1. The third kappa shape index (κ3) is 3.53. The van der Waals surface area contributed by atoms with Gasteiger partial charge in [0.15, 0.2) is 0 Å². The normalized spacial score (nSPS) is 12.3. The Morgan fingerprint density at radius 3 is 2.56 bits per heavy atom. The standard InChI is InChI=1S/C11H13N3O2/c1-8(9-5-3-2-4-6-9)7-13-14-11(16)10(12)15/h2-8H,1H3,(H2,12,15)(H,14,16)/b13-7+. The Morgan fingerprint density at radius 2 is 2.00 bits per heavy atom. The largest absolute Gasteiger partial charge is 0.361 e. The molecule has 3 N–H and O–H groups in total. The van der Waals surface area contributed by atoms with Gasteiger partial charge in [0, 0.05) is 12.1 Å². The fourth-order valence-electron chi connectivity index (χ4n) is 1.11. The molecule has 0 aliphatic heterocycles. The van der Waals surface area contributed by atoms with E-state index in [-0.39, 0.29) is 5.92 Å². The van der Waals surface area contributed by atoms with Gasteiger partial charge in [-0.25, -0.2) is 5.43 Å². The minimum atomic E-state index is -1.05. The van der Waals surface area contributed by atoms with Crippen molar-refractivity contribution in [1.29, 1.82) is 0 Å². The summed E-state index contributed by atoms with van der Waals surface area (Å²) >= 11 is 0. The van der Waals surface area contributed by atoms with Crippen molar-refractivity contribution in [1.82, 2.24) is 5.43 Å². The number of nitrogens with two attached hydrogens (primary N) is 1. The summed E-state index contributed by atoms with van der Waals surface area (Å²) in [7, 11) is 0. The summed E-state index contributed by atoms with van der Waals surface area (Å²) in [5, 5.41) is 3.64. The lowest BCUT2D eigenvalue weighted by molar-refractivity contribution is -0.137. The van der Waals surface area contributed by atoms with Crippen LogP contribution in [0.2, 0.25) is 0 Å². The summed E-state index contributed by atoms with van der Waals surface area (Å²) in [6, 6.07) is 9.66. The second kappa shape index (κ2) is 5.65. The molecule has 5 heteroatoms. The number of benzene rings is 1. The van der Waals surface area contributed by atoms with Crippen LogP contribution in [-0.2, 0) is 9.59 Å². The Balaban J connectivity index is 2.52. The van der Waals surface area contributed by atoms with E-state index >= 15 is 0 Å². The minimum absolute atomic E-state index is 0.0503. The van der Waals surface area contributed by atoms with Crippen LogP contribution in [0.1, 0.15) is 18.4 Å². The monoisotopic (exact) mass is 219 g/mol. The highest BCUT2D eigenvalue weighted by Gasteiger charge is 2.06. The molecule has 0 spiro atoms. The van der Waals surface area contributed by atoms with Gasteiger partial charge in [-0.1, -0.05) is 37.3 Å². The van der Waals surface area contributed by atoms with Crippen LogP contribution in [0.5, 0.6) is 0 Å². The Bertz CT molecular complexity index is 401. The molecule has 2 amide bonds. The van der Waals surface area contributed by atoms with Gasteiger partial charge in [-0.2, -0.15) is 5.10 Å². The lowest BCUT2D eigenvalue weighted by Crippen LogP contribution is -2.33. The van der Waals surface area contributed by atoms with E-state index in [9.17, 15) is 9.59 Å². The van der Waals surface area contributed by atoms with Gasteiger partial charge in [-0.05, 0) is 5.56 Å². The van der Waals surface area contributed by atoms with E-state index in [1.165, 1.54) is 6.21 Å². The molecule has 84 valence electrons. The Morgan fingerprint density at radius 1 is 1.38 bits per heavy atom. The smallest absolute Gasteiger partial charge is 0.329 e. The van der Waals surface area contributed by atoms with E-state index < -0.39 is 11.8 Å². The van der Waals surface area contributed by atoms with Crippen LogP contribution in [-0.4, -0.2) is 18.0 Å². The van der Waals surface area contributed by atoms with Gasteiger partial charge in [-0.3, -0.25) is 9.59 Å². The second-order valence-electron chi connectivity index (χ2n) is 3.28. The molecule has 0 fully saturated rings. The highest BCUT2D eigenvalue weighted by Crippen LogP contribution is 2.11. The zero-order valence-electron chi connectivity index (χ0n) is 8.88. The fraction of sp³-hybridized carbons (Fsp3) is 0.182. The van der Waals surface area contributed by atoms with Crippen LogP contribution < -0.4 is 11.2 Å². The van der Waals surface area contributed by atoms with Crippen LogP contribution in [0.3, 0.4) is 0 Å². The summed E-state index contributed by atoms with van der Waals surface area (Å²) in [5.41, 5.74) is 7.85. The van der Waals surface area contributed by atoms with Gasteiger partial charge < -0.3 is 5.73 Å². The molecule has 1 unspecified atom stereocenters. The second-order valence-corrected chi connectivity index (χ2v) is 3.28. The maximum Gasteiger partial charge on any atom is 0.329 e. The Kier molecular flexibility index (Phi) is 4.20. The number of rotatable bonds is 3. The molecule has 0 saturated heterocycles. The van der Waals surface area contributed by atoms with Crippen molar-refractivity contribution in [2.45, 2.75) is 12.8 Å². The van der Waals surface area contributed by atoms with Crippen LogP contribution in [0, 0.1) is 0 Å². The molecule has 0 saturated carbocycles. The fourth-order valence-corrected chi connectivity index (χ4v) is 1.11. The van der Waals surface area contributed by atoms with E-state index in [2.05, 4.69) is 5.10 Å². The highest BCUT2D eigenvalue weighted by molar-refractivity contribution is 6.34. The topological polar surface area (TPSA) is 84.6 Å². The first kappa shape index (κ1) is 11.9. The lowest BCUT2D eigenvalue weighted by Gasteiger charge is -2.04. The highest BCUT2D eigenvalue weighted by atomic mass is 16.2. The van der Waals surface area contributed by atoms with Crippen molar-refractivity contribution in [3.05, 3.63) is 35.9 Å². The molecule has 1 atom stereocenters. The number of carbonyl (C=O) groups excluding carboxylic acids is 2. The van der Waals surface area contributed by atoms with Crippen LogP contribution in [0.4, 0.5) is 0 Å². The Labute approximate surface area is 93.3 Å². The molecule has 5 nitrogen and oxygen atoms in total. The summed E-state index contributed by atoms with van der Waals surface area (Å²) in [6.45, 7) is 1.93. The molecule has 0 radical (unpaired) electrons. The third-order valence-corrected chi connectivity index (χ3v) is 2.01. The predicted octanol–water partition coefficient (Wildman–Crippen LogP) is 0.377. The number of hydrazone groups is 1. The summed E-state index contributed by atoms with van der Waals surface area (Å²) < 4.78 is 0. The average Bonchev–Trinajstić information content (AvgIpc) is 2.29. The minimum Gasteiger partial charge on any atom is -0.361 e. The first-order chi connectivity index (χ1) is 7.61. The molecule has 16 heavy (non-hydrogen) atoms. The lowest BCUT2D eigenvalue weighted by atomic mass is 10.0. The van der Waals surface area contributed by atoms with Gasteiger partial charge in [0.2, 0.25) is 0 Å². The number of nitrogens with zero attached hydrogens (tertiary/aromatic N) is 1. The van der Waals surface area contributed by atoms with Crippen LogP contribution >= 0.6 is 0 Å². The average molecular weight is 219 g/mol. The molecule has 0 aromatic heterocycles. The number of hydrogen-bond acceptors (Lipinski definition) is 3. The summed E-state index contributed by atoms with van der Waals surface area (Å²) in [4.78, 5) is 21.1. The number of carbonyl (C=O) groups is 2. The zero-order chi connectivity index (χ0) is 12.0. The van der Waals surface area contributed by atoms with Crippen molar-refractivity contribution in [3.8, 4) is 0 Å². The molecule has 0 bridgehead atoms. The Hall–Kier alpha value is -2.17. The van der Waals surface area contributed by atoms with Crippen molar-refractivity contribution in [2.75, 3.05) is 0 Å². The van der Waals surface area contributed by atoms with E-state index in [4.69, 9.17) is 5.73 Å². The summed E-state index contributed by atoms with van der Waals surface area (Å²) in [5.74, 6) is -1.92. The molecular weight excluding hydrogens is 206 g/mol. The maximum atomic E-state index is 10.8. The van der Waals surface area contributed by atoms with Crippen molar-refractivity contribution in [2.24, 2.45) is 10.8 Å². The van der Waals surface area contributed by atoms with Crippen molar-refractivity contribution >= 4 is 18.0 Å². The zero-order valence-corrected chi connectivity index (χ0v) is 8.88. The van der Waals surface area contributed by atoms with E-state index in [0.29, 0.717) is 0 Å². The van der Waals surface area contributed by atoms with Crippen LogP contribution in [0.25, 0.3) is 0 Å². The molecule has 0 heterocycles. The molecule has 0 aliphatic carbocycles. The summed E-state index contributed by atoms with van der Waals surface area (Å²) in [6.07, 6.45) is 1.54. The van der Waals surface area contributed by atoms with E-state index in [1.807, 2.05) is 42.7 Å². The SMILES string of the molecule is CC(/C=N/NC(=O)C(N)=O)c1ccccc1.